The fourth-order valence-electron chi connectivity index (χ4n) is 3.06. The molecule has 0 saturated carbocycles. The van der Waals surface area contributed by atoms with E-state index >= 15 is 0 Å². The highest BCUT2D eigenvalue weighted by molar-refractivity contribution is 5.93. The van der Waals surface area contributed by atoms with Gasteiger partial charge in [0.2, 0.25) is 0 Å². The Morgan fingerprint density at radius 3 is 3.05 bits per heavy atom. The van der Waals surface area contributed by atoms with Crippen LogP contribution in [0.4, 0.5) is 0 Å². The van der Waals surface area contributed by atoms with E-state index < -0.39 is 0 Å². The molecule has 20 heavy (non-hydrogen) atoms. The van der Waals surface area contributed by atoms with Crippen molar-refractivity contribution in [2.45, 2.75) is 45.6 Å². The van der Waals surface area contributed by atoms with Crippen molar-refractivity contribution < 1.29 is 0 Å². The second-order valence-electron chi connectivity index (χ2n) is 5.82. The predicted molar refractivity (Wildman–Crippen MR) is 82.8 cm³/mol. The van der Waals surface area contributed by atoms with Gasteiger partial charge in [-0.15, -0.1) is 0 Å². The van der Waals surface area contributed by atoms with Gasteiger partial charge in [-0.2, -0.15) is 0 Å². The minimum atomic E-state index is 0.0470. The van der Waals surface area contributed by atoms with Gasteiger partial charge in [0.05, 0.1) is 0 Å². The minimum absolute atomic E-state index is 0.0470. The van der Waals surface area contributed by atoms with Crippen LogP contribution in [0.25, 0.3) is 0 Å². The summed E-state index contributed by atoms with van der Waals surface area (Å²) in [6.45, 7) is 5.59. The number of likely N-dealkylation sites (tertiary alicyclic amines) is 1. The molecule has 110 valence electrons. The van der Waals surface area contributed by atoms with Crippen LogP contribution in [0.3, 0.4) is 0 Å². The molecular weight excluding hydrogens is 248 g/mol. The van der Waals surface area contributed by atoms with Crippen molar-refractivity contribution in [1.29, 1.82) is 5.41 Å². The number of hydrogen-bond donors (Lipinski definition) is 2. The van der Waals surface area contributed by atoms with E-state index in [-0.39, 0.29) is 5.84 Å². The molecule has 1 aliphatic rings. The van der Waals surface area contributed by atoms with E-state index in [4.69, 9.17) is 11.1 Å². The minimum Gasteiger partial charge on any atom is -0.382 e. The Morgan fingerprint density at radius 1 is 1.45 bits per heavy atom. The van der Waals surface area contributed by atoms with Gasteiger partial charge in [-0.25, -0.2) is 0 Å². The Kier molecular flexibility index (Phi) is 5.53. The Labute approximate surface area is 121 Å². The number of nitrogens with two attached hydrogens (primary N) is 1. The summed E-state index contributed by atoms with van der Waals surface area (Å²) < 4.78 is 0. The van der Waals surface area contributed by atoms with Gasteiger partial charge >= 0.3 is 0 Å². The van der Waals surface area contributed by atoms with Crippen LogP contribution in [0.5, 0.6) is 0 Å². The van der Waals surface area contributed by atoms with Gasteiger partial charge in [-0.1, -0.05) is 19.8 Å². The monoisotopic (exact) mass is 274 g/mol. The number of nitrogens with one attached hydrogen (secondary N) is 1. The van der Waals surface area contributed by atoms with Crippen LogP contribution in [-0.4, -0.2) is 28.8 Å². The van der Waals surface area contributed by atoms with Gasteiger partial charge in [0, 0.05) is 12.7 Å². The first-order chi connectivity index (χ1) is 9.69. The lowest BCUT2D eigenvalue weighted by Gasteiger charge is -2.20. The van der Waals surface area contributed by atoms with E-state index in [2.05, 4.69) is 16.8 Å². The first kappa shape index (κ1) is 15.0. The zero-order valence-electron chi connectivity index (χ0n) is 12.4. The number of hydrogen-bond acceptors (Lipinski definition) is 3. The normalized spacial score (nSPS) is 20.6. The molecule has 0 amide bonds. The Hall–Kier alpha value is -1.42. The molecular formula is C16H26N4. The van der Waals surface area contributed by atoms with E-state index in [1.54, 1.807) is 6.20 Å². The lowest BCUT2D eigenvalue weighted by molar-refractivity contribution is 0.271. The highest BCUT2D eigenvalue weighted by atomic mass is 15.1. The van der Waals surface area contributed by atoms with Crippen LogP contribution in [0.2, 0.25) is 0 Å². The van der Waals surface area contributed by atoms with Gasteiger partial charge in [-0.3, -0.25) is 15.3 Å². The van der Waals surface area contributed by atoms with Crippen molar-refractivity contribution in [1.82, 2.24) is 9.88 Å². The highest BCUT2D eigenvalue weighted by Gasteiger charge is 2.16. The number of aromatic nitrogens is 1. The maximum Gasteiger partial charge on any atom is 0.141 e. The third-order valence-electron chi connectivity index (χ3n) is 4.14. The van der Waals surface area contributed by atoms with Crippen molar-refractivity contribution in [3.8, 4) is 0 Å². The molecule has 0 aromatic carbocycles. The van der Waals surface area contributed by atoms with Crippen LogP contribution in [0, 0.1) is 11.3 Å². The third-order valence-corrected chi connectivity index (χ3v) is 4.14. The summed E-state index contributed by atoms with van der Waals surface area (Å²) in [6, 6.07) is 3.97. The Morgan fingerprint density at radius 2 is 2.30 bits per heavy atom. The summed E-state index contributed by atoms with van der Waals surface area (Å²) in [5.74, 6) is 0.959. The molecule has 1 aliphatic heterocycles. The first-order valence-corrected chi connectivity index (χ1v) is 7.70. The van der Waals surface area contributed by atoms with E-state index in [1.807, 2.05) is 12.1 Å². The molecule has 1 atom stereocenters. The number of nitrogens with zero attached hydrogens (tertiary/aromatic N) is 2. The fourth-order valence-corrected chi connectivity index (χ4v) is 3.06. The maximum absolute atomic E-state index is 7.46. The van der Waals surface area contributed by atoms with E-state index in [0.717, 1.165) is 12.5 Å². The highest BCUT2D eigenvalue weighted by Crippen LogP contribution is 2.22. The molecule has 0 aliphatic carbocycles. The van der Waals surface area contributed by atoms with Crippen LogP contribution in [-0.2, 0) is 6.54 Å². The summed E-state index contributed by atoms with van der Waals surface area (Å²) in [6.07, 6.45) is 8.42. The van der Waals surface area contributed by atoms with Crippen LogP contribution >= 0.6 is 0 Å². The van der Waals surface area contributed by atoms with Crippen molar-refractivity contribution in [3.05, 3.63) is 29.6 Å². The van der Waals surface area contributed by atoms with Gasteiger partial charge in [0.1, 0.15) is 11.5 Å². The third kappa shape index (κ3) is 4.30. The van der Waals surface area contributed by atoms with Gasteiger partial charge in [0.15, 0.2) is 0 Å². The second-order valence-corrected chi connectivity index (χ2v) is 5.82. The van der Waals surface area contributed by atoms with Gasteiger partial charge in [0.25, 0.3) is 0 Å². The molecule has 0 spiro atoms. The van der Waals surface area contributed by atoms with E-state index in [9.17, 15) is 0 Å². The number of pyridine rings is 1. The van der Waals surface area contributed by atoms with E-state index in [0.29, 0.717) is 5.69 Å². The van der Waals surface area contributed by atoms with Crippen molar-refractivity contribution in [2.75, 3.05) is 13.1 Å². The summed E-state index contributed by atoms with van der Waals surface area (Å²) in [7, 11) is 0. The fraction of sp³-hybridized carbons (Fsp3) is 0.625. The number of nitrogen functional groups attached to an aromatic ring is 1. The standard InChI is InChI=1S/C16H26N4/c1-2-4-13-5-3-9-20(10-7-13)12-14-6-8-19-15(11-14)16(17)18/h6,8,11,13H,2-5,7,9-10,12H2,1H3,(H3,17,18). The zero-order valence-corrected chi connectivity index (χ0v) is 12.4. The van der Waals surface area contributed by atoms with Crippen molar-refractivity contribution >= 4 is 5.84 Å². The maximum atomic E-state index is 7.46. The quantitative estimate of drug-likeness (QED) is 0.641. The molecule has 4 heteroatoms. The summed E-state index contributed by atoms with van der Waals surface area (Å²) in [5.41, 5.74) is 7.29. The molecule has 2 rings (SSSR count). The average molecular weight is 274 g/mol. The van der Waals surface area contributed by atoms with E-state index in [1.165, 1.54) is 50.8 Å². The van der Waals surface area contributed by atoms with Gasteiger partial charge < -0.3 is 5.73 Å². The first-order valence-electron chi connectivity index (χ1n) is 7.70. The van der Waals surface area contributed by atoms with Crippen molar-refractivity contribution in [2.24, 2.45) is 11.7 Å². The predicted octanol–water partition coefficient (Wildman–Crippen LogP) is 2.77. The lowest BCUT2D eigenvalue weighted by atomic mass is 9.96. The van der Waals surface area contributed by atoms with Gasteiger partial charge in [-0.05, 0) is 56.0 Å². The van der Waals surface area contributed by atoms with Crippen molar-refractivity contribution in [3.63, 3.8) is 0 Å². The van der Waals surface area contributed by atoms with Crippen LogP contribution < -0.4 is 5.73 Å². The molecule has 2 heterocycles. The molecule has 1 aromatic rings. The SMILES string of the molecule is CCCC1CCCN(Cc2ccnc(C(=N)N)c2)CC1. The molecule has 1 unspecified atom stereocenters. The molecule has 4 nitrogen and oxygen atoms in total. The largest absolute Gasteiger partial charge is 0.382 e. The molecule has 1 saturated heterocycles. The Bertz CT molecular complexity index is 444. The average Bonchev–Trinajstić information content (AvgIpc) is 2.65. The molecule has 0 bridgehead atoms. The summed E-state index contributed by atoms with van der Waals surface area (Å²) in [4.78, 5) is 6.64. The molecule has 0 radical (unpaired) electrons. The van der Waals surface area contributed by atoms with Crippen LogP contribution in [0.15, 0.2) is 18.3 Å². The number of rotatable bonds is 5. The topological polar surface area (TPSA) is 66.0 Å². The smallest absolute Gasteiger partial charge is 0.141 e. The second kappa shape index (κ2) is 7.39. The lowest BCUT2D eigenvalue weighted by Crippen LogP contribution is -2.24. The molecule has 3 N–H and O–H groups in total. The Balaban J connectivity index is 1.93. The van der Waals surface area contributed by atoms with Crippen LogP contribution in [0.1, 0.15) is 50.3 Å². The summed E-state index contributed by atoms with van der Waals surface area (Å²) in [5, 5.41) is 7.46. The molecule has 1 fully saturated rings. The zero-order chi connectivity index (χ0) is 14.4. The number of amidine groups is 1. The summed E-state index contributed by atoms with van der Waals surface area (Å²) >= 11 is 0. The molecule has 1 aromatic heterocycles.